The van der Waals surface area contributed by atoms with E-state index in [9.17, 15) is 0 Å². The zero-order valence-corrected chi connectivity index (χ0v) is 12.4. The molecule has 1 aromatic rings. The van der Waals surface area contributed by atoms with Gasteiger partial charge in [0.25, 0.3) is 0 Å². The highest BCUT2D eigenvalue weighted by Crippen LogP contribution is 2.39. The maximum Gasteiger partial charge on any atom is 0.229 e. The second-order valence-corrected chi connectivity index (χ2v) is 5.54. The Morgan fingerprint density at radius 2 is 2.15 bits per heavy atom. The molecule has 0 aromatic carbocycles. The molecule has 2 rings (SSSR count). The van der Waals surface area contributed by atoms with E-state index in [4.69, 9.17) is 14.5 Å². The van der Waals surface area contributed by atoms with Gasteiger partial charge in [0.15, 0.2) is 0 Å². The van der Waals surface area contributed by atoms with Crippen molar-refractivity contribution in [3.05, 3.63) is 11.7 Å². The third-order valence-electron chi connectivity index (χ3n) is 4.04. The van der Waals surface area contributed by atoms with Gasteiger partial charge in [-0.3, -0.25) is 0 Å². The molecule has 1 aliphatic carbocycles. The van der Waals surface area contributed by atoms with Gasteiger partial charge >= 0.3 is 0 Å². The van der Waals surface area contributed by atoms with Gasteiger partial charge < -0.3 is 9.26 Å². The second-order valence-electron chi connectivity index (χ2n) is 5.54. The van der Waals surface area contributed by atoms with Crippen LogP contribution in [-0.2, 0) is 10.3 Å². The average Bonchev–Trinajstić information content (AvgIpc) is 2.96. The van der Waals surface area contributed by atoms with E-state index in [-0.39, 0.29) is 11.5 Å². The summed E-state index contributed by atoms with van der Waals surface area (Å²) in [6.45, 7) is 4.68. The maximum atomic E-state index is 8.65. The molecule has 0 N–H and O–H groups in total. The van der Waals surface area contributed by atoms with Crippen LogP contribution in [0, 0.1) is 11.3 Å². The molecule has 110 valence electrons. The third kappa shape index (κ3) is 3.18. The molecule has 0 spiro atoms. The van der Waals surface area contributed by atoms with E-state index >= 15 is 0 Å². The molecule has 0 amide bonds. The summed E-state index contributed by atoms with van der Waals surface area (Å²) in [4.78, 5) is 4.57. The number of ether oxygens (including phenoxy) is 1. The van der Waals surface area contributed by atoms with Crippen molar-refractivity contribution < 1.29 is 9.26 Å². The number of nitrogens with zero attached hydrogens (tertiary/aromatic N) is 3. The number of nitriles is 1. The molecule has 1 unspecified atom stereocenters. The largest absolute Gasteiger partial charge is 0.367 e. The van der Waals surface area contributed by atoms with Gasteiger partial charge in [-0.05, 0) is 26.2 Å². The first kappa shape index (κ1) is 15.0. The van der Waals surface area contributed by atoms with Crippen LogP contribution in [0.15, 0.2) is 4.52 Å². The van der Waals surface area contributed by atoms with E-state index in [0.29, 0.717) is 24.7 Å². The predicted molar refractivity (Wildman–Crippen MR) is 73.9 cm³/mol. The highest BCUT2D eigenvalue weighted by atomic mass is 16.5. The highest BCUT2D eigenvalue weighted by molar-refractivity contribution is 5.05. The molecule has 1 saturated carbocycles. The first-order valence-electron chi connectivity index (χ1n) is 7.57. The molecule has 0 saturated heterocycles. The fourth-order valence-corrected chi connectivity index (χ4v) is 2.86. The van der Waals surface area contributed by atoms with Gasteiger partial charge in [0.05, 0.1) is 6.07 Å². The van der Waals surface area contributed by atoms with E-state index in [0.717, 1.165) is 32.1 Å². The van der Waals surface area contributed by atoms with Crippen LogP contribution in [0.1, 0.15) is 76.4 Å². The van der Waals surface area contributed by atoms with Gasteiger partial charge in [0, 0.05) is 18.9 Å². The topological polar surface area (TPSA) is 71.9 Å². The van der Waals surface area contributed by atoms with E-state index in [1.54, 1.807) is 0 Å². The Morgan fingerprint density at radius 1 is 1.40 bits per heavy atom. The highest BCUT2D eigenvalue weighted by Gasteiger charge is 2.39. The fraction of sp³-hybridized carbons (Fsp3) is 0.800. The summed E-state index contributed by atoms with van der Waals surface area (Å²) >= 11 is 0. The summed E-state index contributed by atoms with van der Waals surface area (Å²) in [5, 5.41) is 12.8. The Labute approximate surface area is 120 Å². The van der Waals surface area contributed by atoms with Crippen LogP contribution >= 0.6 is 0 Å². The third-order valence-corrected chi connectivity index (χ3v) is 4.04. The SMILES string of the molecule is CCOC1(c2noc(C(C)CCC#N)n2)CCCCC1. The lowest BCUT2D eigenvalue weighted by molar-refractivity contribution is -0.0777. The van der Waals surface area contributed by atoms with Gasteiger partial charge in [-0.2, -0.15) is 10.2 Å². The Kier molecular flexibility index (Phi) is 5.13. The Hall–Kier alpha value is -1.41. The molecule has 1 heterocycles. The summed E-state index contributed by atoms with van der Waals surface area (Å²) in [5.74, 6) is 1.44. The zero-order valence-electron chi connectivity index (χ0n) is 12.4. The zero-order chi connectivity index (χ0) is 14.4. The number of hydrogen-bond donors (Lipinski definition) is 0. The summed E-state index contributed by atoms with van der Waals surface area (Å²) < 4.78 is 11.4. The van der Waals surface area contributed by atoms with Crippen molar-refractivity contribution in [3.8, 4) is 6.07 Å². The first-order chi connectivity index (χ1) is 9.72. The van der Waals surface area contributed by atoms with Crippen molar-refractivity contribution in [1.29, 1.82) is 5.26 Å². The van der Waals surface area contributed by atoms with Gasteiger partial charge in [-0.25, -0.2) is 0 Å². The van der Waals surface area contributed by atoms with E-state index in [2.05, 4.69) is 16.2 Å². The molecule has 0 aliphatic heterocycles. The minimum atomic E-state index is -0.357. The lowest BCUT2D eigenvalue weighted by Gasteiger charge is -2.33. The van der Waals surface area contributed by atoms with Crippen molar-refractivity contribution in [2.75, 3.05) is 6.61 Å². The molecule has 1 fully saturated rings. The Balaban J connectivity index is 2.14. The smallest absolute Gasteiger partial charge is 0.229 e. The van der Waals surface area contributed by atoms with Gasteiger partial charge in [0.2, 0.25) is 11.7 Å². The molecule has 1 aliphatic rings. The summed E-state index contributed by atoms with van der Waals surface area (Å²) in [6.07, 6.45) is 6.73. The minimum absolute atomic E-state index is 0.123. The molecule has 5 nitrogen and oxygen atoms in total. The lowest BCUT2D eigenvalue weighted by atomic mass is 9.84. The van der Waals surface area contributed by atoms with Crippen LogP contribution in [0.2, 0.25) is 0 Å². The molecule has 0 bridgehead atoms. The Morgan fingerprint density at radius 3 is 2.80 bits per heavy atom. The van der Waals surface area contributed by atoms with Crippen LogP contribution in [0.4, 0.5) is 0 Å². The van der Waals surface area contributed by atoms with Crippen LogP contribution in [-0.4, -0.2) is 16.7 Å². The minimum Gasteiger partial charge on any atom is -0.367 e. The normalized spacial score (nSPS) is 19.4. The fourth-order valence-electron chi connectivity index (χ4n) is 2.86. The van der Waals surface area contributed by atoms with E-state index < -0.39 is 0 Å². The molecule has 5 heteroatoms. The second kappa shape index (κ2) is 6.85. The quantitative estimate of drug-likeness (QED) is 0.793. The molecule has 20 heavy (non-hydrogen) atoms. The number of hydrogen-bond acceptors (Lipinski definition) is 5. The molecule has 0 radical (unpaired) electrons. The first-order valence-corrected chi connectivity index (χ1v) is 7.57. The maximum absolute atomic E-state index is 8.65. The lowest BCUT2D eigenvalue weighted by Crippen LogP contribution is -2.33. The monoisotopic (exact) mass is 277 g/mol. The summed E-state index contributed by atoms with van der Waals surface area (Å²) in [7, 11) is 0. The predicted octanol–water partition coefficient (Wildman–Crippen LogP) is 3.67. The van der Waals surface area contributed by atoms with E-state index in [1.165, 1.54) is 6.42 Å². The van der Waals surface area contributed by atoms with Gasteiger partial charge in [-0.1, -0.05) is 31.3 Å². The van der Waals surface area contributed by atoms with Gasteiger partial charge in [-0.15, -0.1) is 0 Å². The van der Waals surface area contributed by atoms with E-state index in [1.807, 2.05) is 13.8 Å². The van der Waals surface area contributed by atoms with Gasteiger partial charge in [0.1, 0.15) is 5.60 Å². The van der Waals surface area contributed by atoms with Crippen molar-refractivity contribution in [2.24, 2.45) is 0 Å². The molecular weight excluding hydrogens is 254 g/mol. The van der Waals surface area contributed by atoms with Crippen molar-refractivity contribution in [3.63, 3.8) is 0 Å². The molecule has 1 atom stereocenters. The van der Waals surface area contributed by atoms with Crippen LogP contribution in [0.25, 0.3) is 0 Å². The molecular formula is C15H23N3O2. The number of aromatic nitrogens is 2. The van der Waals surface area contributed by atoms with Crippen molar-refractivity contribution >= 4 is 0 Å². The number of rotatable bonds is 6. The molecule has 1 aromatic heterocycles. The van der Waals surface area contributed by atoms with Crippen molar-refractivity contribution in [1.82, 2.24) is 10.1 Å². The van der Waals surface area contributed by atoms with Crippen LogP contribution < -0.4 is 0 Å². The van der Waals surface area contributed by atoms with Crippen LogP contribution in [0.3, 0.4) is 0 Å². The summed E-state index contributed by atoms with van der Waals surface area (Å²) in [5.41, 5.74) is -0.357. The standard InChI is InChI=1S/C15H23N3O2/c1-3-19-15(9-5-4-6-10-15)14-17-13(20-18-14)12(2)8-7-11-16/h12H,3-10H2,1-2H3. The summed E-state index contributed by atoms with van der Waals surface area (Å²) in [6, 6.07) is 2.15. The van der Waals surface area contributed by atoms with Crippen LogP contribution in [0.5, 0.6) is 0 Å². The average molecular weight is 277 g/mol. The van der Waals surface area contributed by atoms with Crippen molar-refractivity contribution in [2.45, 2.75) is 70.3 Å². The Bertz CT molecular complexity index is 452.